The summed E-state index contributed by atoms with van der Waals surface area (Å²) in [5.74, 6) is 2.26. The third kappa shape index (κ3) is 5.17. The first-order valence-corrected chi connectivity index (χ1v) is 8.41. The summed E-state index contributed by atoms with van der Waals surface area (Å²) in [6.07, 6.45) is 1.84. The second-order valence-corrected chi connectivity index (χ2v) is 6.17. The van der Waals surface area contributed by atoms with E-state index in [1.807, 2.05) is 0 Å². The van der Waals surface area contributed by atoms with Gasteiger partial charge in [-0.05, 0) is 38.4 Å². The van der Waals surface area contributed by atoms with Gasteiger partial charge in [0.05, 0.1) is 5.75 Å². The van der Waals surface area contributed by atoms with Gasteiger partial charge in [-0.25, -0.2) is 0 Å². The zero-order valence-corrected chi connectivity index (χ0v) is 13.7. The maximum absolute atomic E-state index is 5.31. The van der Waals surface area contributed by atoms with Gasteiger partial charge >= 0.3 is 0 Å². The lowest BCUT2D eigenvalue weighted by atomic mass is 10.2. The van der Waals surface area contributed by atoms with E-state index in [1.165, 1.54) is 10.5 Å². The molecule has 2 rings (SSSR count). The molecule has 0 fully saturated rings. The summed E-state index contributed by atoms with van der Waals surface area (Å²) in [5, 5.41) is 7.44. The molecule has 0 amide bonds. The van der Waals surface area contributed by atoms with Crippen molar-refractivity contribution in [3.05, 3.63) is 41.5 Å². The Morgan fingerprint density at radius 2 is 2.14 bits per heavy atom. The van der Waals surface area contributed by atoms with E-state index in [4.69, 9.17) is 4.52 Å². The maximum Gasteiger partial charge on any atom is 0.226 e. The monoisotopic (exact) mass is 305 g/mol. The first kappa shape index (κ1) is 16.0. The molecule has 114 valence electrons. The van der Waals surface area contributed by atoms with Crippen LogP contribution in [0.25, 0.3) is 0 Å². The molecule has 5 heteroatoms. The average Bonchev–Trinajstić information content (AvgIpc) is 2.93. The second-order valence-electron chi connectivity index (χ2n) is 5.16. The van der Waals surface area contributed by atoms with Crippen molar-refractivity contribution in [3.63, 3.8) is 0 Å². The summed E-state index contributed by atoms with van der Waals surface area (Å²) in [6, 6.07) is 8.83. The van der Waals surface area contributed by atoms with Crippen molar-refractivity contribution in [1.29, 1.82) is 0 Å². The molecule has 0 saturated heterocycles. The molecule has 1 unspecified atom stereocenters. The van der Waals surface area contributed by atoms with E-state index in [1.54, 1.807) is 11.8 Å². The molecule has 1 heterocycles. The van der Waals surface area contributed by atoms with Gasteiger partial charge in [-0.3, -0.25) is 0 Å². The van der Waals surface area contributed by atoms with Crippen LogP contribution in [0.15, 0.2) is 33.7 Å². The van der Waals surface area contributed by atoms with Gasteiger partial charge in [0.1, 0.15) is 0 Å². The van der Waals surface area contributed by atoms with Crippen LogP contribution in [0.5, 0.6) is 0 Å². The zero-order valence-electron chi connectivity index (χ0n) is 12.9. The summed E-state index contributed by atoms with van der Waals surface area (Å²) in [6.45, 7) is 7.40. The minimum Gasteiger partial charge on any atom is -0.339 e. The van der Waals surface area contributed by atoms with Crippen LogP contribution in [0.4, 0.5) is 0 Å². The third-order valence-corrected chi connectivity index (χ3v) is 4.48. The Morgan fingerprint density at radius 1 is 1.33 bits per heavy atom. The van der Waals surface area contributed by atoms with Crippen molar-refractivity contribution < 1.29 is 4.52 Å². The van der Waals surface area contributed by atoms with Gasteiger partial charge < -0.3 is 9.84 Å². The van der Waals surface area contributed by atoms with Crippen molar-refractivity contribution in [2.45, 2.75) is 50.3 Å². The van der Waals surface area contributed by atoms with Crippen LogP contribution in [-0.2, 0) is 12.2 Å². The Kier molecular flexibility index (Phi) is 6.26. The van der Waals surface area contributed by atoms with Crippen LogP contribution in [0.2, 0.25) is 0 Å². The average molecular weight is 305 g/mol. The van der Waals surface area contributed by atoms with E-state index in [-0.39, 0.29) is 0 Å². The minimum absolute atomic E-state index is 0.478. The molecule has 0 radical (unpaired) electrons. The van der Waals surface area contributed by atoms with E-state index in [2.05, 4.69) is 60.5 Å². The molecule has 21 heavy (non-hydrogen) atoms. The molecule has 1 N–H and O–H groups in total. The number of aryl methyl sites for hydroxylation is 2. The molecular weight excluding hydrogens is 282 g/mol. The lowest BCUT2D eigenvalue weighted by Gasteiger charge is -2.09. The number of rotatable bonds is 8. The first-order valence-electron chi connectivity index (χ1n) is 7.42. The van der Waals surface area contributed by atoms with Gasteiger partial charge in [-0.2, -0.15) is 4.98 Å². The summed E-state index contributed by atoms with van der Waals surface area (Å²) < 4.78 is 5.31. The van der Waals surface area contributed by atoms with Crippen molar-refractivity contribution in [2.75, 3.05) is 6.54 Å². The van der Waals surface area contributed by atoms with Crippen molar-refractivity contribution in [1.82, 2.24) is 15.5 Å². The van der Waals surface area contributed by atoms with E-state index in [9.17, 15) is 0 Å². The quantitative estimate of drug-likeness (QED) is 0.755. The third-order valence-electron chi connectivity index (χ3n) is 3.30. The Hall–Kier alpha value is -1.33. The van der Waals surface area contributed by atoms with E-state index < -0.39 is 0 Å². The molecule has 0 saturated carbocycles. The Morgan fingerprint density at radius 3 is 2.90 bits per heavy atom. The number of nitrogens with one attached hydrogen (secondary N) is 1. The van der Waals surface area contributed by atoms with E-state index in [0.717, 1.165) is 36.9 Å². The van der Waals surface area contributed by atoms with Crippen LogP contribution in [0.3, 0.4) is 0 Å². The fourth-order valence-corrected chi connectivity index (χ4v) is 2.97. The van der Waals surface area contributed by atoms with Crippen molar-refractivity contribution >= 4 is 11.8 Å². The first-order chi connectivity index (χ1) is 10.2. The standard InChI is InChI=1S/C16H23N3OS/c1-4-17-13(3)9-10-16-18-15(19-20-16)11-21-14-8-6-5-7-12(14)2/h5-8,13,17H,4,9-11H2,1-3H3. The molecule has 0 aliphatic rings. The molecule has 1 aromatic carbocycles. The van der Waals surface area contributed by atoms with Gasteiger partial charge in [-0.15, -0.1) is 11.8 Å². The molecule has 1 aromatic heterocycles. The fourth-order valence-electron chi connectivity index (χ4n) is 2.10. The van der Waals surface area contributed by atoms with Gasteiger partial charge in [-0.1, -0.05) is 30.3 Å². The Bertz CT molecular complexity index is 556. The Labute approximate surface area is 130 Å². The molecule has 1 atom stereocenters. The van der Waals surface area contributed by atoms with Gasteiger partial charge in [0, 0.05) is 17.4 Å². The summed E-state index contributed by atoms with van der Waals surface area (Å²) in [7, 11) is 0. The fraction of sp³-hybridized carbons (Fsp3) is 0.500. The predicted octanol–water partition coefficient (Wildman–Crippen LogP) is 3.60. The summed E-state index contributed by atoms with van der Waals surface area (Å²) >= 11 is 1.75. The summed E-state index contributed by atoms with van der Waals surface area (Å²) in [4.78, 5) is 5.73. The highest BCUT2D eigenvalue weighted by Gasteiger charge is 2.09. The lowest BCUT2D eigenvalue weighted by Crippen LogP contribution is -2.25. The molecule has 0 aliphatic carbocycles. The normalized spacial score (nSPS) is 12.5. The topological polar surface area (TPSA) is 51.0 Å². The predicted molar refractivity (Wildman–Crippen MR) is 86.5 cm³/mol. The molecule has 0 aliphatic heterocycles. The highest BCUT2D eigenvalue weighted by molar-refractivity contribution is 7.98. The zero-order chi connectivity index (χ0) is 15.1. The van der Waals surface area contributed by atoms with Crippen molar-refractivity contribution in [3.8, 4) is 0 Å². The van der Waals surface area contributed by atoms with Crippen LogP contribution in [0, 0.1) is 6.92 Å². The van der Waals surface area contributed by atoms with Gasteiger partial charge in [0.25, 0.3) is 0 Å². The van der Waals surface area contributed by atoms with E-state index in [0.29, 0.717) is 6.04 Å². The van der Waals surface area contributed by atoms with Gasteiger partial charge in [0.15, 0.2) is 5.82 Å². The van der Waals surface area contributed by atoms with Crippen molar-refractivity contribution in [2.24, 2.45) is 0 Å². The number of thioether (sulfide) groups is 1. The largest absolute Gasteiger partial charge is 0.339 e. The van der Waals surface area contributed by atoms with E-state index >= 15 is 0 Å². The maximum atomic E-state index is 5.31. The number of aromatic nitrogens is 2. The number of benzene rings is 1. The Balaban J connectivity index is 1.82. The molecule has 0 bridgehead atoms. The van der Waals surface area contributed by atoms with Crippen LogP contribution >= 0.6 is 11.8 Å². The molecular formula is C16H23N3OS. The van der Waals surface area contributed by atoms with Crippen LogP contribution < -0.4 is 5.32 Å². The molecule has 4 nitrogen and oxygen atoms in total. The number of hydrogen-bond acceptors (Lipinski definition) is 5. The lowest BCUT2D eigenvalue weighted by molar-refractivity contribution is 0.364. The molecule has 0 spiro atoms. The summed E-state index contributed by atoms with van der Waals surface area (Å²) in [5.41, 5.74) is 1.28. The number of hydrogen-bond donors (Lipinski definition) is 1. The highest BCUT2D eigenvalue weighted by Crippen LogP contribution is 2.24. The highest BCUT2D eigenvalue weighted by atomic mass is 32.2. The molecule has 2 aromatic rings. The second kappa shape index (κ2) is 8.20. The van der Waals surface area contributed by atoms with Crippen LogP contribution in [-0.4, -0.2) is 22.7 Å². The van der Waals surface area contributed by atoms with Gasteiger partial charge in [0.2, 0.25) is 5.89 Å². The SMILES string of the molecule is CCNC(C)CCc1nc(CSc2ccccc2C)no1. The smallest absolute Gasteiger partial charge is 0.226 e. The number of nitrogens with zero attached hydrogens (tertiary/aromatic N) is 2. The van der Waals surface area contributed by atoms with Crippen LogP contribution in [0.1, 0.15) is 37.5 Å². The minimum atomic E-state index is 0.478.